The summed E-state index contributed by atoms with van der Waals surface area (Å²) in [5.74, 6) is -1.12. The predicted octanol–water partition coefficient (Wildman–Crippen LogP) is 1.61. The zero-order valence-electron chi connectivity index (χ0n) is 9.16. The number of nitrogens with zero attached hydrogens (tertiary/aromatic N) is 1. The summed E-state index contributed by atoms with van der Waals surface area (Å²) in [4.78, 5) is 23.0. The second-order valence-corrected chi connectivity index (χ2v) is 3.48. The standard InChI is InChI=1S/C10H13NO4/c1-5(2)8(12)9-7(10(13)14-4)6(3)11-15-9/h5H,1-4H3. The number of hydrogen-bond donors (Lipinski definition) is 0. The van der Waals surface area contributed by atoms with Crippen LogP contribution in [0.4, 0.5) is 0 Å². The molecule has 5 heteroatoms. The van der Waals surface area contributed by atoms with Crippen molar-refractivity contribution < 1.29 is 18.8 Å². The lowest BCUT2D eigenvalue weighted by Gasteiger charge is -2.01. The number of ketones is 1. The van der Waals surface area contributed by atoms with Gasteiger partial charge in [-0.3, -0.25) is 4.79 Å². The van der Waals surface area contributed by atoms with Gasteiger partial charge in [-0.2, -0.15) is 0 Å². The highest BCUT2D eigenvalue weighted by Crippen LogP contribution is 2.18. The maximum absolute atomic E-state index is 11.7. The molecule has 0 atom stereocenters. The largest absolute Gasteiger partial charge is 0.465 e. The number of aromatic nitrogens is 1. The van der Waals surface area contributed by atoms with E-state index in [4.69, 9.17) is 4.52 Å². The zero-order chi connectivity index (χ0) is 11.6. The van der Waals surface area contributed by atoms with Crippen LogP contribution in [0.25, 0.3) is 0 Å². The van der Waals surface area contributed by atoms with E-state index >= 15 is 0 Å². The van der Waals surface area contributed by atoms with Crippen molar-refractivity contribution in [3.63, 3.8) is 0 Å². The topological polar surface area (TPSA) is 69.4 Å². The van der Waals surface area contributed by atoms with Gasteiger partial charge >= 0.3 is 5.97 Å². The van der Waals surface area contributed by atoms with Gasteiger partial charge in [0.25, 0.3) is 0 Å². The van der Waals surface area contributed by atoms with Gasteiger partial charge < -0.3 is 9.26 Å². The number of methoxy groups -OCH3 is 1. The van der Waals surface area contributed by atoms with Crippen molar-refractivity contribution >= 4 is 11.8 Å². The Morgan fingerprint density at radius 2 is 2.00 bits per heavy atom. The van der Waals surface area contributed by atoms with Crippen molar-refractivity contribution in [3.05, 3.63) is 17.0 Å². The molecule has 1 aromatic heterocycles. The lowest BCUT2D eigenvalue weighted by Crippen LogP contribution is -2.13. The van der Waals surface area contributed by atoms with Crippen LogP contribution in [0.1, 0.15) is 40.5 Å². The summed E-state index contributed by atoms with van der Waals surface area (Å²) in [5, 5.41) is 3.59. The Labute approximate surface area is 87.4 Å². The monoisotopic (exact) mass is 211 g/mol. The maximum atomic E-state index is 11.7. The highest BCUT2D eigenvalue weighted by atomic mass is 16.5. The van der Waals surface area contributed by atoms with Gasteiger partial charge in [0.2, 0.25) is 11.5 Å². The van der Waals surface area contributed by atoms with Gasteiger partial charge in [-0.15, -0.1) is 0 Å². The molecular weight excluding hydrogens is 198 g/mol. The Balaban J connectivity index is 3.20. The second-order valence-electron chi connectivity index (χ2n) is 3.48. The summed E-state index contributed by atoms with van der Waals surface area (Å²) in [6.45, 7) is 5.04. The van der Waals surface area contributed by atoms with E-state index in [0.29, 0.717) is 5.69 Å². The summed E-state index contributed by atoms with van der Waals surface area (Å²) < 4.78 is 9.40. The molecule has 0 spiro atoms. The Hall–Kier alpha value is -1.65. The molecule has 1 rings (SSSR count). The fraction of sp³-hybridized carbons (Fsp3) is 0.500. The molecule has 0 aliphatic heterocycles. The number of esters is 1. The van der Waals surface area contributed by atoms with Crippen LogP contribution in [-0.4, -0.2) is 24.0 Å². The van der Waals surface area contributed by atoms with Gasteiger partial charge in [0.1, 0.15) is 5.56 Å². The number of Topliss-reactive ketones (excluding diaryl/α,β-unsaturated/α-hetero) is 1. The van der Waals surface area contributed by atoms with Crippen molar-refractivity contribution in [3.8, 4) is 0 Å². The third kappa shape index (κ3) is 2.06. The fourth-order valence-electron chi connectivity index (χ4n) is 1.14. The average Bonchev–Trinajstić information content (AvgIpc) is 2.57. The molecule has 0 saturated carbocycles. The average molecular weight is 211 g/mol. The Kier molecular flexibility index (Phi) is 3.24. The number of hydrogen-bond acceptors (Lipinski definition) is 5. The van der Waals surface area contributed by atoms with Crippen molar-refractivity contribution in [2.24, 2.45) is 5.92 Å². The molecule has 0 unspecified atom stereocenters. The summed E-state index contributed by atoms with van der Waals surface area (Å²) in [6, 6.07) is 0. The minimum absolute atomic E-state index is 0.0191. The molecule has 0 N–H and O–H groups in total. The van der Waals surface area contributed by atoms with Gasteiger partial charge in [0, 0.05) is 5.92 Å². The quantitative estimate of drug-likeness (QED) is 0.561. The molecule has 1 heterocycles. The SMILES string of the molecule is COC(=O)c1c(C)noc1C(=O)C(C)C. The number of rotatable bonds is 3. The summed E-state index contributed by atoms with van der Waals surface area (Å²) >= 11 is 0. The van der Waals surface area contributed by atoms with Crippen LogP contribution in [0.2, 0.25) is 0 Å². The number of carbonyl (C=O) groups is 2. The van der Waals surface area contributed by atoms with E-state index < -0.39 is 5.97 Å². The smallest absolute Gasteiger partial charge is 0.343 e. The van der Waals surface area contributed by atoms with E-state index in [0.717, 1.165) is 0 Å². The lowest BCUT2D eigenvalue weighted by atomic mass is 10.0. The molecule has 0 aliphatic rings. The lowest BCUT2D eigenvalue weighted by molar-refractivity contribution is 0.0593. The van der Waals surface area contributed by atoms with Gasteiger partial charge in [0.05, 0.1) is 12.8 Å². The minimum Gasteiger partial charge on any atom is -0.465 e. The van der Waals surface area contributed by atoms with Crippen LogP contribution in [0.5, 0.6) is 0 Å². The van der Waals surface area contributed by atoms with E-state index in [1.54, 1.807) is 20.8 Å². The molecule has 0 amide bonds. The third-order valence-electron chi connectivity index (χ3n) is 2.00. The van der Waals surface area contributed by atoms with E-state index in [2.05, 4.69) is 9.89 Å². The normalized spacial score (nSPS) is 10.5. The highest BCUT2D eigenvalue weighted by molar-refractivity contribution is 6.05. The van der Waals surface area contributed by atoms with E-state index in [9.17, 15) is 9.59 Å². The zero-order valence-corrected chi connectivity index (χ0v) is 9.16. The van der Waals surface area contributed by atoms with Crippen molar-refractivity contribution in [2.75, 3.05) is 7.11 Å². The van der Waals surface area contributed by atoms with Crippen LogP contribution in [0, 0.1) is 12.8 Å². The maximum Gasteiger partial charge on any atom is 0.343 e. The third-order valence-corrected chi connectivity index (χ3v) is 2.00. The van der Waals surface area contributed by atoms with Gasteiger partial charge in [0.15, 0.2) is 0 Å². The van der Waals surface area contributed by atoms with Crippen LogP contribution in [-0.2, 0) is 4.74 Å². The fourth-order valence-corrected chi connectivity index (χ4v) is 1.14. The molecule has 1 aromatic rings. The van der Waals surface area contributed by atoms with Crippen LogP contribution in [0.3, 0.4) is 0 Å². The molecule has 0 saturated heterocycles. The molecule has 0 bridgehead atoms. The van der Waals surface area contributed by atoms with E-state index in [1.807, 2.05) is 0 Å². The number of carbonyl (C=O) groups excluding carboxylic acids is 2. The Morgan fingerprint density at radius 1 is 1.40 bits per heavy atom. The summed E-state index contributed by atoms with van der Waals surface area (Å²) in [7, 11) is 1.25. The second kappa shape index (κ2) is 4.25. The number of aryl methyl sites for hydroxylation is 1. The molecule has 5 nitrogen and oxygen atoms in total. The molecule has 15 heavy (non-hydrogen) atoms. The molecule has 0 aliphatic carbocycles. The summed E-state index contributed by atoms with van der Waals surface area (Å²) in [5.41, 5.74) is 0.488. The molecule has 0 radical (unpaired) electrons. The Bertz CT molecular complexity index is 392. The van der Waals surface area contributed by atoms with Gasteiger partial charge in [-0.25, -0.2) is 4.79 Å². The predicted molar refractivity (Wildman–Crippen MR) is 51.7 cm³/mol. The van der Waals surface area contributed by atoms with Crippen LogP contribution >= 0.6 is 0 Å². The first-order valence-corrected chi connectivity index (χ1v) is 4.57. The molecular formula is C10H13NO4. The van der Waals surface area contributed by atoms with Crippen molar-refractivity contribution in [1.82, 2.24) is 5.16 Å². The first-order valence-electron chi connectivity index (χ1n) is 4.57. The van der Waals surface area contributed by atoms with E-state index in [-0.39, 0.29) is 23.0 Å². The molecule has 0 fully saturated rings. The van der Waals surface area contributed by atoms with Gasteiger partial charge in [-0.1, -0.05) is 19.0 Å². The Morgan fingerprint density at radius 3 is 2.47 bits per heavy atom. The first kappa shape index (κ1) is 11.4. The highest BCUT2D eigenvalue weighted by Gasteiger charge is 2.27. The van der Waals surface area contributed by atoms with Crippen LogP contribution < -0.4 is 0 Å². The van der Waals surface area contributed by atoms with Crippen LogP contribution in [0.15, 0.2) is 4.52 Å². The van der Waals surface area contributed by atoms with Gasteiger partial charge in [-0.05, 0) is 6.92 Å². The first-order chi connectivity index (χ1) is 6.99. The van der Waals surface area contributed by atoms with Crippen molar-refractivity contribution in [1.29, 1.82) is 0 Å². The molecule has 0 aromatic carbocycles. The summed E-state index contributed by atoms with van der Waals surface area (Å²) in [6.07, 6.45) is 0. The number of ether oxygens (including phenoxy) is 1. The van der Waals surface area contributed by atoms with E-state index in [1.165, 1.54) is 7.11 Å². The molecule has 82 valence electrons. The van der Waals surface area contributed by atoms with Crippen molar-refractivity contribution in [2.45, 2.75) is 20.8 Å². The minimum atomic E-state index is -0.599.